The van der Waals surface area contributed by atoms with E-state index >= 15 is 0 Å². The molecule has 1 aromatic carbocycles. The van der Waals surface area contributed by atoms with Gasteiger partial charge in [-0.3, -0.25) is 10.1 Å². The molecular formula is C15H19N3O. The number of carbonyl (C=O) groups is 1. The molecule has 4 nitrogen and oxygen atoms in total. The molecule has 1 aliphatic rings. The van der Waals surface area contributed by atoms with Crippen molar-refractivity contribution in [2.75, 3.05) is 0 Å². The molecule has 0 saturated heterocycles. The smallest absolute Gasteiger partial charge is 0.239 e. The van der Waals surface area contributed by atoms with E-state index < -0.39 is 6.04 Å². The van der Waals surface area contributed by atoms with Gasteiger partial charge in [0.25, 0.3) is 0 Å². The lowest BCUT2D eigenvalue weighted by molar-refractivity contribution is -0.120. The van der Waals surface area contributed by atoms with E-state index in [1.165, 1.54) is 19.3 Å². The van der Waals surface area contributed by atoms with Crippen molar-refractivity contribution in [3.8, 4) is 6.07 Å². The third-order valence-electron chi connectivity index (χ3n) is 3.64. The molecule has 1 unspecified atom stereocenters. The van der Waals surface area contributed by atoms with Gasteiger partial charge in [-0.2, -0.15) is 5.26 Å². The topological polar surface area (TPSA) is 78.9 Å². The van der Waals surface area contributed by atoms with Gasteiger partial charge in [0.05, 0.1) is 11.6 Å². The molecule has 1 fully saturated rings. The predicted molar refractivity (Wildman–Crippen MR) is 73.1 cm³/mol. The second kappa shape index (κ2) is 6.35. The highest BCUT2D eigenvalue weighted by Gasteiger charge is 2.23. The zero-order valence-electron chi connectivity index (χ0n) is 10.9. The Hall–Kier alpha value is -1.86. The van der Waals surface area contributed by atoms with Crippen LogP contribution in [0.2, 0.25) is 0 Å². The molecule has 100 valence electrons. The van der Waals surface area contributed by atoms with Crippen molar-refractivity contribution < 1.29 is 4.79 Å². The number of carbonyl (C=O) groups excluding carboxylic acids is 1. The first kappa shape index (κ1) is 13.6. The molecule has 0 aromatic heterocycles. The number of hydrogen-bond donors (Lipinski definition) is 2. The molecule has 1 atom stereocenters. The van der Waals surface area contributed by atoms with Crippen molar-refractivity contribution in [3.63, 3.8) is 0 Å². The quantitative estimate of drug-likeness (QED) is 0.866. The molecule has 19 heavy (non-hydrogen) atoms. The lowest BCUT2D eigenvalue weighted by atomic mass is 9.93. The second-order valence-electron chi connectivity index (χ2n) is 5.07. The minimum absolute atomic E-state index is 0.344. The number of primary amides is 1. The van der Waals surface area contributed by atoms with E-state index in [9.17, 15) is 4.79 Å². The number of rotatable bonds is 4. The normalized spacial score (nSPS) is 17.6. The molecule has 1 saturated carbocycles. The van der Waals surface area contributed by atoms with Crippen molar-refractivity contribution in [1.29, 1.82) is 5.26 Å². The summed E-state index contributed by atoms with van der Waals surface area (Å²) in [4.78, 5) is 11.7. The maximum Gasteiger partial charge on any atom is 0.239 e. The Labute approximate surface area is 113 Å². The molecule has 2 rings (SSSR count). The molecule has 0 radical (unpaired) electrons. The molecule has 0 heterocycles. The SMILES string of the molecule is N#Cc1cccc(C(NC2CCCCC2)C(N)=O)c1. The van der Waals surface area contributed by atoms with Crippen molar-refractivity contribution in [2.24, 2.45) is 5.73 Å². The van der Waals surface area contributed by atoms with E-state index in [1.54, 1.807) is 18.2 Å². The standard InChI is InChI=1S/C15H19N3O/c16-10-11-5-4-6-12(9-11)14(15(17)19)18-13-7-2-1-3-8-13/h4-6,9,13-14,18H,1-3,7-8H2,(H2,17,19). The van der Waals surface area contributed by atoms with Gasteiger partial charge >= 0.3 is 0 Å². The molecule has 0 aliphatic heterocycles. The highest BCUT2D eigenvalue weighted by Crippen LogP contribution is 2.22. The van der Waals surface area contributed by atoms with Gasteiger partial charge in [0.15, 0.2) is 0 Å². The summed E-state index contributed by atoms with van der Waals surface area (Å²) in [7, 11) is 0. The van der Waals surface area contributed by atoms with Gasteiger partial charge in [0.1, 0.15) is 6.04 Å². The van der Waals surface area contributed by atoms with Crippen LogP contribution in [0.1, 0.15) is 49.3 Å². The van der Waals surface area contributed by atoms with Gasteiger partial charge in [-0.05, 0) is 30.5 Å². The van der Waals surface area contributed by atoms with Crippen LogP contribution in [0.25, 0.3) is 0 Å². The average molecular weight is 257 g/mol. The Balaban J connectivity index is 2.14. The summed E-state index contributed by atoms with van der Waals surface area (Å²) in [6.07, 6.45) is 5.83. The lowest BCUT2D eigenvalue weighted by Gasteiger charge is -2.27. The minimum Gasteiger partial charge on any atom is -0.368 e. The van der Waals surface area contributed by atoms with Crippen molar-refractivity contribution in [2.45, 2.75) is 44.2 Å². The Morgan fingerprint density at radius 2 is 2.11 bits per heavy atom. The van der Waals surface area contributed by atoms with Gasteiger partial charge in [-0.1, -0.05) is 31.4 Å². The minimum atomic E-state index is -0.503. The summed E-state index contributed by atoms with van der Waals surface area (Å²) < 4.78 is 0. The van der Waals surface area contributed by atoms with E-state index in [4.69, 9.17) is 11.0 Å². The van der Waals surface area contributed by atoms with Crippen LogP contribution in [0.15, 0.2) is 24.3 Å². The summed E-state index contributed by atoms with van der Waals surface area (Å²) in [6, 6.07) is 9.00. The zero-order chi connectivity index (χ0) is 13.7. The highest BCUT2D eigenvalue weighted by molar-refractivity contribution is 5.81. The fraction of sp³-hybridized carbons (Fsp3) is 0.467. The highest BCUT2D eigenvalue weighted by atomic mass is 16.1. The fourth-order valence-corrected chi connectivity index (χ4v) is 2.64. The van der Waals surface area contributed by atoms with E-state index in [0.717, 1.165) is 18.4 Å². The van der Waals surface area contributed by atoms with Crippen LogP contribution in [0.3, 0.4) is 0 Å². The predicted octanol–water partition coefficient (Wildman–Crippen LogP) is 2.01. The molecular weight excluding hydrogens is 238 g/mol. The van der Waals surface area contributed by atoms with Gasteiger partial charge < -0.3 is 5.73 Å². The average Bonchev–Trinajstić information content (AvgIpc) is 2.45. The van der Waals surface area contributed by atoms with Crippen molar-refractivity contribution >= 4 is 5.91 Å². The largest absolute Gasteiger partial charge is 0.368 e. The number of amides is 1. The first-order valence-corrected chi connectivity index (χ1v) is 6.76. The van der Waals surface area contributed by atoms with Crippen LogP contribution in [-0.4, -0.2) is 11.9 Å². The number of nitrogens with zero attached hydrogens (tertiary/aromatic N) is 1. The summed E-state index contributed by atoms with van der Waals surface area (Å²) in [5, 5.41) is 12.3. The van der Waals surface area contributed by atoms with Gasteiger partial charge in [-0.25, -0.2) is 0 Å². The molecule has 0 bridgehead atoms. The van der Waals surface area contributed by atoms with E-state index in [2.05, 4.69) is 11.4 Å². The third kappa shape index (κ3) is 3.55. The molecule has 1 amide bonds. The first-order chi connectivity index (χ1) is 9.20. The second-order valence-corrected chi connectivity index (χ2v) is 5.07. The maximum absolute atomic E-state index is 11.7. The molecule has 1 aromatic rings. The molecule has 3 N–H and O–H groups in total. The van der Waals surface area contributed by atoms with Crippen LogP contribution in [0, 0.1) is 11.3 Å². The lowest BCUT2D eigenvalue weighted by Crippen LogP contribution is -2.41. The number of nitriles is 1. The zero-order valence-corrected chi connectivity index (χ0v) is 10.9. The summed E-state index contributed by atoms with van der Waals surface area (Å²) in [5.41, 5.74) is 6.82. The Morgan fingerprint density at radius 3 is 2.74 bits per heavy atom. The number of hydrogen-bond acceptors (Lipinski definition) is 3. The van der Waals surface area contributed by atoms with E-state index in [0.29, 0.717) is 11.6 Å². The van der Waals surface area contributed by atoms with Gasteiger partial charge in [-0.15, -0.1) is 0 Å². The Morgan fingerprint density at radius 1 is 1.37 bits per heavy atom. The summed E-state index contributed by atoms with van der Waals surface area (Å²) in [5.74, 6) is -0.388. The number of nitrogens with one attached hydrogen (secondary N) is 1. The third-order valence-corrected chi connectivity index (χ3v) is 3.64. The van der Waals surface area contributed by atoms with Gasteiger partial charge in [0, 0.05) is 6.04 Å². The van der Waals surface area contributed by atoms with Crippen molar-refractivity contribution in [3.05, 3.63) is 35.4 Å². The number of nitrogens with two attached hydrogens (primary N) is 1. The van der Waals surface area contributed by atoms with E-state index in [1.807, 2.05) is 6.07 Å². The van der Waals surface area contributed by atoms with E-state index in [-0.39, 0.29) is 5.91 Å². The van der Waals surface area contributed by atoms with Crippen LogP contribution >= 0.6 is 0 Å². The van der Waals surface area contributed by atoms with Crippen LogP contribution < -0.4 is 11.1 Å². The summed E-state index contributed by atoms with van der Waals surface area (Å²) >= 11 is 0. The monoisotopic (exact) mass is 257 g/mol. The van der Waals surface area contributed by atoms with Gasteiger partial charge in [0.2, 0.25) is 5.91 Å². The maximum atomic E-state index is 11.7. The van der Waals surface area contributed by atoms with Crippen LogP contribution in [0.4, 0.5) is 0 Å². The molecule has 1 aliphatic carbocycles. The number of benzene rings is 1. The van der Waals surface area contributed by atoms with Crippen LogP contribution in [0.5, 0.6) is 0 Å². The first-order valence-electron chi connectivity index (χ1n) is 6.76. The molecule has 0 spiro atoms. The molecule has 4 heteroatoms. The Kier molecular flexibility index (Phi) is 4.53. The van der Waals surface area contributed by atoms with Crippen LogP contribution in [-0.2, 0) is 4.79 Å². The fourth-order valence-electron chi connectivity index (χ4n) is 2.64. The summed E-state index contributed by atoms with van der Waals surface area (Å²) in [6.45, 7) is 0. The van der Waals surface area contributed by atoms with Crippen molar-refractivity contribution in [1.82, 2.24) is 5.32 Å². The Bertz CT molecular complexity index is 486.